The zero-order chi connectivity index (χ0) is 18.5. The van der Waals surface area contributed by atoms with Crippen LogP contribution in [0, 0.1) is 0 Å². The molecule has 0 bridgehead atoms. The maximum atomic E-state index is 13.1. The second kappa shape index (κ2) is 9.90. The van der Waals surface area contributed by atoms with Crippen molar-refractivity contribution in [3.8, 4) is 0 Å². The van der Waals surface area contributed by atoms with Gasteiger partial charge in [0.05, 0.1) is 11.4 Å². The summed E-state index contributed by atoms with van der Waals surface area (Å²) in [6.45, 7) is 0. The summed E-state index contributed by atoms with van der Waals surface area (Å²) in [6, 6.07) is 27.8. The Balaban J connectivity index is 0.000000479. The molecule has 0 aromatic heterocycles. The zero-order valence-electron chi connectivity index (χ0n) is 14.7. The van der Waals surface area contributed by atoms with Gasteiger partial charge < -0.3 is 9.11 Å². The van der Waals surface area contributed by atoms with Gasteiger partial charge in [-0.15, -0.1) is 0 Å². The van der Waals surface area contributed by atoms with E-state index < -0.39 is 11.4 Å². The summed E-state index contributed by atoms with van der Waals surface area (Å²) in [5, 5.41) is 4.19. The number of hydrogen-bond acceptors (Lipinski definition) is 3. The Morgan fingerprint density at radius 2 is 1.04 bits per heavy atom. The van der Waals surface area contributed by atoms with Gasteiger partial charge >= 0.3 is 29.6 Å². The summed E-state index contributed by atoms with van der Waals surface area (Å²) in [4.78, 5) is 13.1. The van der Waals surface area contributed by atoms with E-state index in [-0.39, 0.29) is 35.3 Å². The molecular formula is C21H15NaO4S. The zero-order valence-corrected chi connectivity index (χ0v) is 17.5. The first kappa shape index (κ1) is 21.4. The van der Waals surface area contributed by atoms with Crippen molar-refractivity contribution < 1.29 is 47.7 Å². The van der Waals surface area contributed by atoms with Gasteiger partial charge in [-0.1, -0.05) is 84.9 Å². The van der Waals surface area contributed by atoms with Crippen LogP contribution in [-0.4, -0.2) is 19.1 Å². The Morgan fingerprint density at radius 3 is 1.44 bits per heavy atom. The predicted octanol–water partition coefficient (Wildman–Crippen LogP) is 1.57. The minimum absolute atomic E-state index is 0. The molecule has 4 rings (SSSR count). The quantitative estimate of drug-likeness (QED) is 0.322. The fourth-order valence-electron chi connectivity index (χ4n) is 2.99. The third-order valence-electron chi connectivity index (χ3n) is 4.07. The van der Waals surface area contributed by atoms with Crippen molar-refractivity contribution in [3.63, 3.8) is 0 Å². The molecule has 0 spiro atoms. The second-order valence-electron chi connectivity index (χ2n) is 5.60. The van der Waals surface area contributed by atoms with E-state index in [9.17, 15) is 4.79 Å². The van der Waals surface area contributed by atoms with Crippen LogP contribution in [-0.2, 0) is 11.4 Å². The van der Waals surface area contributed by atoms with Gasteiger partial charge in [-0.2, -0.15) is 0 Å². The molecule has 1 N–H and O–H groups in total. The average molecular weight is 386 g/mol. The van der Waals surface area contributed by atoms with E-state index in [0.717, 1.165) is 32.7 Å². The summed E-state index contributed by atoms with van der Waals surface area (Å²) >= 11 is -2.86. The summed E-state index contributed by atoms with van der Waals surface area (Å²) in [5.74, 6) is 0.0774. The van der Waals surface area contributed by atoms with Crippen LogP contribution in [0.15, 0.2) is 84.9 Å². The molecule has 0 aliphatic carbocycles. The first-order chi connectivity index (χ1) is 12.6. The molecule has 4 aromatic rings. The van der Waals surface area contributed by atoms with Crippen molar-refractivity contribution in [2.45, 2.75) is 0 Å². The number of rotatable bonds is 2. The fraction of sp³-hybridized carbons (Fsp3) is 0. The van der Waals surface area contributed by atoms with E-state index >= 15 is 0 Å². The van der Waals surface area contributed by atoms with Crippen LogP contribution in [0.3, 0.4) is 0 Å². The van der Waals surface area contributed by atoms with Crippen LogP contribution in [0.1, 0.15) is 15.9 Å². The average Bonchev–Trinajstić information content (AvgIpc) is 2.66. The van der Waals surface area contributed by atoms with Gasteiger partial charge in [0.2, 0.25) is 0 Å². The molecule has 4 aromatic carbocycles. The van der Waals surface area contributed by atoms with Gasteiger partial charge in [0.1, 0.15) is 0 Å². The van der Waals surface area contributed by atoms with E-state index in [4.69, 9.17) is 13.3 Å². The van der Waals surface area contributed by atoms with Crippen molar-refractivity contribution in [1.29, 1.82) is 0 Å². The number of carbonyl (C=O) groups is 1. The van der Waals surface area contributed by atoms with Gasteiger partial charge in [-0.25, -0.2) is 4.21 Å². The SMILES string of the molecule is O=C(c1cccc2ccccc12)c1cccc2ccccc12.O=S([O-])O.[Na+]. The van der Waals surface area contributed by atoms with Gasteiger partial charge in [-0.3, -0.25) is 4.79 Å². The minimum Gasteiger partial charge on any atom is -0.750 e. The molecule has 0 radical (unpaired) electrons. The summed E-state index contributed by atoms with van der Waals surface area (Å²) in [7, 11) is 0. The maximum Gasteiger partial charge on any atom is 1.00 e. The number of fused-ring (bicyclic) bond motifs is 2. The molecular weight excluding hydrogens is 371 g/mol. The number of ketones is 1. The first-order valence-electron chi connectivity index (χ1n) is 7.86. The Morgan fingerprint density at radius 1 is 0.704 bits per heavy atom. The van der Waals surface area contributed by atoms with Gasteiger partial charge in [-0.05, 0) is 21.5 Å². The second-order valence-corrected chi connectivity index (χ2v) is 6.03. The molecule has 0 heterocycles. The standard InChI is InChI=1S/C21H14O.Na.H2O3S/c22-21(19-13-5-9-15-7-1-3-11-17(15)19)20-14-6-10-16-8-2-4-12-18(16)20;;1-4(2)3/h1-14H;;(H2,1,2,3)/q;+1;/p-1. The molecule has 0 aliphatic heterocycles. The normalized spacial score (nSPS) is 11.2. The van der Waals surface area contributed by atoms with E-state index in [1.165, 1.54) is 0 Å². The van der Waals surface area contributed by atoms with Gasteiger partial charge in [0.25, 0.3) is 0 Å². The van der Waals surface area contributed by atoms with Crippen LogP contribution in [0.25, 0.3) is 21.5 Å². The van der Waals surface area contributed by atoms with E-state index in [2.05, 4.69) is 0 Å². The van der Waals surface area contributed by atoms with E-state index in [0.29, 0.717) is 0 Å². The minimum atomic E-state index is -2.86. The number of hydrogen-bond donors (Lipinski definition) is 1. The third kappa shape index (κ3) is 5.11. The molecule has 0 amide bonds. The largest absolute Gasteiger partial charge is 1.00 e. The summed E-state index contributed by atoms with van der Waals surface area (Å²) in [6.07, 6.45) is 0. The molecule has 4 nitrogen and oxygen atoms in total. The molecule has 0 saturated carbocycles. The van der Waals surface area contributed by atoms with E-state index in [1.54, 1.807) is 0 Å². The van der Waals surface area contributed by atoms with Crippen LogP contribution in [0.2, 0.25) is 0 Å². The smallest absolute Gasteiger partial charge is 0.750 e. The van der Waals surface area contributed by atoms with Crippen molar-refractivity contribution >= 4 is 38.7 Å². The first-order valence-corrected chi connectivity index (χ1v) is 8.89. The molecule has 6 heteroatoms. The fourth-order valence-corrected chi connectivity index (χ4v) is 2.99. The molecule has 0 aliphatic rings. The predicted molar refractivity (Wildman–Crippen MR) is 103 cm³/mol. The monoisotopic (exact) mass is 386 g/mol. The van der Waals surface area contributed by atoms with E-state index in [1.807, 2.05) is 84.9 Å². The third-order valence-corrected chi connectivity index (χ3v) is 4.07. The van der Waals surface area contributed by atoms with Gasteiger partial charge in [0, 0.05) is 11.1 Å². The molecule has 1 atom stereocenters. The Labute approximate surface area is 181 Å². The number of carbonyl (C=O) groups excluding carboxylic acids is 1. The molecule has 130 valence electrons. The summed E-state index contributed by atoms with van der Waals surface area (Å²) in [5.41, 5.74) is 1.52. The Kier molecular flexibility index (Phi) is 7.86. The molecule has 27 heavy (non-hydrogen) atoms. The maximum absolute atomic E-state index is 13.1. The van der Waals surface area contributed by atoms with Crippen LogP contribution < -0.4 is 29.6 Å². The van der Waals surface area contributed by atoms with Crippen LogP contribution in [0.4, 0.5) is 0 Å². The van der Waals surface area contributed by atoms with Gasteiger partial charge in [0.15, 0.2) is 5.78 Å². The Hall–Kier alpha value is -1.86. The van der Waals surface area contributed by atoms with Crippen molar-refractivity contribution in [1.82, 2.24) is 0 Å². The Bertz CT molecular complexity index is 1020. The van der Waals surface area contributed by atoms with Crippen molar-refractivity contribution in [2.24, 2.45) is 0 Å². The van der Waals surface area contributed by atoms with Crippen molar-refractivity contribution in [3.05, 3.63) is 96.1 Å². The molecule has 0 saturated heterocycles. The van der Waals surface area contributed by atoms with Crippen LogP contribution >= 0.6 is 0 Å². The topological polar surface area (TPSA) is 77.4 Å². The summed E-state index contributed by atoms with van der Waals surface area (Å²) < 4.78 is 24.1. The molecule has 0 fully saturated rings. The van der Waals surface area contributed by atoms with Crippen LogP contribution in [0.5, 0.6) is 0 Å². The number of benzene rings is 4. The molecule has 1 unspecified atom stereocenters. The van der Waals surface area contributed by atoms with Crippen molar-refractivity contribution in [2.75, 3.05) is 0 Å².